The van der Waals surface area contributed by atoms with Crippen LogP contribution in [0.15, 0.2) is 18.2 Å². The number of rotatable bonds is 4. The number of carbonyl (C=O) groups excluding carboxylic acids is 1. The minimum Gasteiger partial charge on any atom is -0.382 e. The molecule has 2 rings (SSSR count). The Labute approximate surface area is 126 Å². The third-order valence-electron chi connectivity index (χ3n) is 2.56. The number of hydrogen-bond donors (Lipinski definition) is 3. The van der Waals surface area contributed by atoms with E-state index in [1.54, 1.807) is 12.1 Å². The maximum absolute atomic E-state index is 12.2. The van der Waals surface area contributed by atoms with E-state index >= 15 is 0 Å². The van der Waals surface area contributed by atoms with E-state index in [-0.39, 0.29) is 11.7 Å². The molecule has 1 amide bonds. The first-order valence-corrected chi connectivity index (χ1v) is 7.28. The van der Waals surface area contributed by atoms with Gasteiger partial charge in [-0.25, -0.2) is 4.98 Å². The molecule has 4 N–H and O–H groups in total. The van der Waals surface area contributed by atoms with Crippen molar-refractivity contribution in [2.75, 3.05) is 22.9 Å². The third-order valence-corrected chi connectivity index (χ3v) is 3.90. The Morgan fingerprint density at radius 1 is 1.50 bits per heavy atom. The van der Waals surface area contributed by atoms with E-state index in [0.29, 0.717) is 20.7 Å². The zero-order valence-electron chi connectivity index (χ0n) is 11.2. The maximum atomic E-state index is 12.2. The molecule has 20 heavy (non-hydrogen) atoms. The Kier molecular flexibility index (Phi) is 4.46. The van der Waals surface area contributed by atoms with Crippen molar-refractivity contribution in [3.05, 3.63) is 33.7 Å². The molecule has 0 saturated carbocycles. The molecule has 0 bridgehead atoms. The Hall–Kier alpha value is -1.79. The topological polar surface area (TPSA) is 80.0 Å². The number of amides is 1. The second kappa shape index (κ2) is 6.11. The van der Waals surface area contributed by atoms with Crippen LogP contribution in [0.3, 0.4) is 0 Å². The molecule has 1 heterocycles. The minimum absolute atomic E-state index is 0.215. The summed E-state index contributed by atoms with van der Waals surface area (Å²) >= 11 is 7.30. The summed E-state index contributed by atoms with van der Waals surface area (Å²) in [5.74, 6) is -0.0957. The van der Waals surface area contributed by atoms with Crippen molar-refractivity contribution in [2.45, 2.75) is 13.8 Å². The van der Waals surface area contributed by atoms with Gasteiger partial charge >= 0.3 is 0 Å². The predicted molar refractivity (Wildman–Crippen MR) is 84.8 cm³/mol. The molecule has 1 aromatic carbocycles. The van der Waals surface area contributed by atoms with Gasteiger partial charge in [0.05, 0.1) is 10.7 Å². The van der Waals surface area contributed by atoms with E-state index in [1.165, 1.54) is 11.3 Å². The van der Waals surface area contributed by atoms with Gasteiger partial charge in [0.1, 0.15) is 10.7 Å². The highest BCUT2D eigenvalue weighted by atomic mass is 35.5. The number of halogens is 1. The van der Waals surface area contributed by atoms with Crippen molar-refractivity contribution in [2.24, 2.45) is 0 Å². The molecule has 0 unspecified atom stereocenters. The Balaban J connectivity index is 2.19. The third kappa shape index (κ3) is 3.20. The van der Waals surface area contributed by atoms with Crippen LogP contribution in [0.1, 0.15) is 22.2 Å². The minimum atomic E-state index is -0.310. The number of aryl methyl sites for hydroxylation is 1. The number of nitrogen functional groups attached to an aromatic ring is 1. The number of thiazole rings is 1. The average Bonchev–Trinajstić information content (AvgIpc) is 2.74. The number of hydrogen-bond acceptors (Lipinski definition) is 5. The highest BCUT2D eigenvalue weighted by Gasteiger charge is 2.17. The van der Waals surface area contributed by atoms with E-state index in [1.807, 2.05) is 19.9 Å². The van der Waals surface area contributed by atoms with Crippen LogP contribution in [0.5, 0.6) is 0 Å². The van der Waals surface area contributed by atoms with Crippen molar-refractivity contribution in [3.63, 3.8) is 0 Å². The summed E-state index contributed by atoms with van der Waals surface area (Å²) in [5.41, 5.74) is 7.34. The quantitative estimate of drug-likeness (QED) is 0.809. The summed E-state index contributed by atoms with van der Waals surface area (Å²) in [7, 11) is 0. The van der Waals surface area contributed by atoms with Crippen LogP contribution in [-0.2, 0) is 0 Å². The molecule has 106 valence electrons. The average molecular weight is 311 g/mol. The summed E-state index contributed by atoms with van der Waals surface area (Å²) in [6.07, 6.45) is 0. The first-order valence-electron chi connectivity index (χ1n) is 6.09. The number of nitrogens with zero attached hydrogens (tertiary/aromatic N) is 1. The standard InChI is InChI=1S/C13H15ClN4OS/c1-3-16-13-18-11(15)10(20-13)12(19)17-9-5-4-7(2)6-8(9)14/h4-6H,3,15H2,1-2H3,(H,16,18)(H,17,19). The van der Waals surface area contributed by atoms with Gasteiger partial charge in [-0.15, -0.1) is 0 Å². The fourth-order valence-corrected chi connectivity index (χ4v) is 2.75. The van der Waals surface area contributed by atoms with Crippen molar-refractivity contribution < 1.29 is 4.79 Å². The lowest BCUT2D eigenvalue weighted by Crippen LogP contribution is -2.12. The van der Waals surface area contributed by atoms with Gasteiger partial charge < -0.3 is 16.4 Å². The molecule has 0 aliphatic heterocycles. The molecule has 1 aromatic heterocycles. The number of benzene rings is 1. The van der Waals surface area contributed by atoms with E-state index < -0.39 is 0 Å². The van der Waals surface area contributed by atoms with Crippen LogP contribution >= 0.6 is 22.9 Å². The Morgan fingerprint density at radius 3 is 2.90 bits per heavy atom. The Morgan fingerprint density at radius 2 is 2.25 bits per heavy atom. The van der Waals surface area contributed by atoms with Crippen molar-refractivity contribution in [1.29, 1.82) is 0 Å². The van der Waals surface area contributed by atoms with Crippen molar-refractivity contribution >= 4 is 45.5 Å². The van der Waals surface area contributed by atoms with Crippen molar-refractivity contribution in [3.8, 4) is 0 Å². The van der Waals surface area contributed by atoms with E-state index in [2.05, 4.69) is 15.6 Å². The molecule has 0 fully saturated rings. The van der Waals surface area contributed by atoms with E-state index in [9.17, 15) is 4.79 Å². The summed E-state index contributed by atoms with van der Waals surface area (Å²) in [6, 6.07) is 5.43. The molecule has 0 spiro atoms. The first kappa shape index (κ1) is 14.6. The molecule has 7 heteroatoms. The lowest BCUT2D eigenvalue weighted by Gasteiger charge is -2.06. The number of nitrogens with two attached hydrogens (primary N) is 1. The fraction of sp³-hybridized carbons (Fsp3) is 0.231. The first-order chi connectivity index (χ1) is 9.51. The van der Waals surface area contributed by atoms with Gasteiger partial charge in [-0.3, -0.25) is 4.79 Å². The van der Waals surface area contributed by atoms with Crippen LogP contribution in [0.25, 0.3) is 0 Å². The van der Waals surface area contributed by atoms with Crippen LogP contribution in [0, 0.1) is 6.92 Å². The molecule has 0 saturated heterocycles. The SMILES string of the molecule is CCNc1nc(N)c(C(=O)Nc2ccc(C)cc2Cl)s1. The molecule has 0 aliphatic rings. The lowest BCUT2D eigenvalue weighted by molar-refractivity contribution is 0.103. The number of nitrogens with one attached hydrogen (secondary N) is 2. The van der Waals surface area contributed by atoms with Crippen LogP contribution < -0.4 is 16.4 Å². The van der Waals surface area contributed by atoms with Crippen LogP contribution in [-0.4, -0.2) is 17.4 Å². The molecule has 0 atom stereocenters. The molecule has 0 radical (unpaired) electrons. The zero-order valence-corrected chi connectivity index (χ0v) is 12.7. The Bertz CT molecular complexity index is 641. The fourth-order valence-electron chi connectivity index (χ4n) is 1.62. The maximum Gasteiger partial charge on any atom is 0.269 e. The monoisotopic (exact) mass is 310 g/mol. The number of aromatic nitrogens is 1. The summed E-state index contributed by atoms with van der Waals surface area (Å²) in [5, 5.41) is 6.89. The molecule has 0 aliphatic carbocycles. The summed E-state index contributed by atoms with van der Waals surface area (Å²) < 4.78 is 0. The highest BCUT2D eigenvalue weighted by Crippen LogP contribution is 2.28. The number of carbonyl (C=O) groups is 1. The number of anilines is 3. The predicted octanol–water partition coefficient (Wildman–Crippen LogP) is 3.37. The molecule has 5 nitrogen and oxygen atoms in total. The summed E-state index contributed by atoms with van der Waals surface area (Å²) in [4.78, 5) is 16.6. The molecule has 2 aromatic rings. The van der Waals surface area contributed by atoms with Crippen molar-refractivity contribution in [1.82, 2.24) is 4.98 Å². The van der Waals surface area contributed by atoms with Gasteiger partial charge in [0, 0.05) is 6.54 Å². The molecular weight excluding hydrogens is 296 g/mol. The van der Waals surface area contributed by atoms with E-state index in [0.717, 1.165) is 12.1 Å². The van der Waals surface area contributed by atoms with E-state index in [4.69, 9.17) is 17.3 Å². The summed E-state index contributed by atoms with van der Waals surface area (Å²) in [6.45, 7) is 4.60. The second-order valence-electron chi connectivity index (χ2n) is 4.20. The van der Waals surface area contributed by atoms with Gasteiger partial charge in [0.15, 0.2) is 5.13 Å². The smallest absolute Gasteiger partial charge is 0.269 e. The van der Waals surface area contributed by atoms with Crippen LogP contribution in [0.4, 0.5) is 16.6 Å². The molecular formula is C13H15ClN4OS. The normalized spacial score (nSPS) is 10.3. The zero-order chi connectivity index (χ0) is 14.7. The van der Waals surface area contributed by atoms with Gasteiger partial charge in [0.25, 0.3) is 5.91 Å². The van der Waals surface area contributed by atoms with Gasteiger partial charge in [-0.2, -0.15) is 0 Å². The van der Waals surface area contributed by atoms with Crippen LogP contribution in [0.2, 0.25) is 5.02 Å². The van der Waals surface area contributed by atoms with Gasteiger partial charge in [-0.05, 0) is 31.5 Å². The lowest BCUT2D eigenvalue weighted by atomic mass is 10.2. The second-order valence-corrected chi connectivity index (χ2v) is 5.61. The van der Waals surface area contributed by atoms with Gasteiger partial charge in [-0.1, -0.05) is 29.0 Å². The highest BCUT2D eigenvalue weighted by molar-refractivity contribution is 7.18. The largest absolute Gasteiger partial charge is 0.382 e. The van der Waals surface area contributed by atoms with Gasteiger partial charge in [0.2, 0.25) is 0 Å².